The van der Waals surface area contributed by atoms with Gasteiger partial charge in [-0.15, -0.1) is 11.3 Å². The number of para-hydroxylation sites is 2. The third-order valence-corrected chi connectivity index (χ3v) is 7.02. The minimum Gasteiger partial charge on any atom is -0.495 e. The number of rotatable bonds is 6. The summed E-state index contributed by atoms with van der Waals surface area (Å²) in [6.45, 7) is 1.51. The Morgan fingerprint density at radius 2 is 1.75 bits per heavy atom. The number of benzene rings is 3. The maximum absolute atomic E-state index is 13.2. The number of hydrogen-bond acceptors (Lipinski definition) is 6. The van der Waals surface area contributed by atoms with Gasteiger partial charge in [0.15, 0.2) is 0 Å². The third kappa shape index (κ3) is 4.44. The first-order chi connectivity index (χ1) is 17.4. The van der Waals surface area contributed by atoms with Gasteiger partial charge in [0, 0.05) is 5.69 Å². The maximum atomic E-state index is 13.2. The highest BCUT2D eigenvalue weighted by Gasteiger charge is 2.21. The Hall–Kier alpha value is -4.50. The van der Waals surface area contributed by atoms with E-state index in [1.54, 1.807) is 25.1 Å². The van der Waals surface area contributed by atoms with Gasteiger partial charge in [-0.05, 0) is 47.5 Å². The molecule has 0 unspecified atom stereocenters. The van der Waals surface area contributed by atoms with Crippen LogP contribution in [0.3, 0.4) is 0 Å². The summed E-state index contributed by atoms with van der Waals surface area (Å²) in [5.41, 5.74) is 1.31. The molecule has 9 heteroatoms. The Morgan fingerprint density at radius 3 is 2.56 bits per heavy atom. The van der Waals surface area contributed by atoms with Gasteiger partial charge in [0.25, 0.3) is 11.5 Å². The van der Waals surface area contributed by atoms with Crippen LogP contribution in [0.25, 0.3) is 21.0 Å². The molecule has 2 N–H and O–H groups in total. The molecule has 0 aliphatic rings. The Bertz CT molecular complexity index is 1690. The summed E-state index contributed by atoms with van der Waals surface area (Å²) in [4.78, 5) is 44.0. The average molecular weight is 499 g/mol. The summed E-state index contributed by atoms with van der Waals surface area (Å²) >= 11 is 1.13. The van der Waals surface area contributed by atoms with Crippen molar-refractivity contribution in [2.45, 2.75) is 13.5 Å². The molecule has 36 heavy (non-hydrogen) atoms. The number of fused-ring (bicyclic) bond motifs is 2. The molecule has 0 fully saturated rings. The number of nitrogens with one attached hydrogen (secondary N) is 2. The van der Waals surface area contributed by atoms with Crippen molar-refractivity contribution < 1.29 is 14.3 Å². The van der Waals surface area contributed by atoms with Crippen LogP contribution in [0.4, 0.5) is 11.4 Å². The predicted octanol–water partition coefficient (Wildman–Crippen LogP) is 4.82. The van der Waals surface area contributed by atoms with E-state index in [4.69, 9.17) is 4.74 Å². The third-order valence-electron chi connectivity index (χ3n) is 5.83. The van der Waals surface area contributed by atoms with Crippen molar-refractivity contribution >= 4 is 55.5 Å². The van der Waals surface area contributed by atoms with Crippen LogP contribution >= 0.6 is 11.3 Å². The number of ether oxygens (including phenoxy) is 1. The van der Waals surface area contributed by atoms with Gasteiger partial charge in [0.05, 0.1) is 29.4 Å². The minimum absolute atomic E-state index is 0.202. The van der Waals surface area contributed by atoms with Crippen molar-refractivity contribution in [1.82, 2.24) is 9.55 Å². The molecule has 0 bridgehead atoms. The molecule has 2 amide bonds. The van der Waals surface area contributed by atoms with E-state index in [2.05, 4.69) is 15.6 Å². The number of anilines is 2. The highest BCUT2D eigenvalue weighted by atomic mass is 32.1. The molecule has 2 aromatic heterocycles. The molecule has 0 radical (unpaired) electrons. The number of aromatic nitrogens is 2. The first kappa shape index (κ1) is 23.3. The summed E-state index contributed by atoms with van der Waals surface area (Å²) in [6.07, 6.45) is 1.34. The van der Waals surface area contributed by atoms with Crippen molar-refractivity contribution in [2.75, 3.05) is 17.7 Å². The molecule has 180 valence electrons. The summed E-state index contributed by atoms with van der Waals surface area (Å²) in [5.74, 6) is -0.182. The van der Waals surface area contributed by atoms with Gasteiger partial charge in [-0.3, -0.25) is 19.0 Å². The van der Waals surface area contributed by atoms with E-state index < -0.39 is 0 Å². The van der Waals surface area contributed by atoms with Gasteiger partial charge in [-0.1, -0.05) is 42.5 Å². The summed E-state index contributed by atoms with van der Waals surface area (Å²) in [5, 5.41) is 8.06. The van der Waals surface area contributed by atoms with Crippen molar-refractivity contribution in [3.05, 3.63) is 93.9 Å². The zero-order chi connectivity index (χ0) is 25.2. The number of thiophene rings is 1. The van der Waals surface area contributed by atoms with Crippen molar-refractivity contribution in [3.8, 4) is 5.75 Å². The largest absolute Gasteiger partial charge is 0.495 e. The first-order valence-corrected chi connectivity index (χ1v) is 12.0. The van der Waals surface area contributed by atoms with E-state index in [1.807, 2.05) is 48.5 Å². The molecule has 5 aromatic rings. The number of amides is 2. The zero-order valence-electron chi connectivity index (χ0n) is 19.6. The monoisotopic (exact) mass is 498 g/mol. The van der Waals surface area contributed by atoms with Crippen LogP contribution < -0.4 is 20.9 Å². The number of nitrogens with zero attached hydrogens (tertiary/aromatic N) is 2. The Kier molecular flexibility index (Phi) is 6.22. The Morgan fingerprint density at radius 1 is 1.00 bits per heavy atom. The average Bonchev–Trinajstić information content (AvgIpc) is 3.23. The lowest BCUT2D eigenvalue weighted by molar-refractivity contribution is -0.116. The van der Waals surface area contributed by atoms with E-state index in [0.29, 0.717) is 37.8 Å². The lowest BCUT2D eigenvalue weighted by Gasteiger charge is -2.09. The predicted molar refractivity (Wildman–Crippen MR) is 142 cm³/mol. The second kappa shape index (κ2) is 9.63. The maximum Gasteiger partial charge on any atom is 0.266 e. The second-order valence-electron chi connectivity index (χ2n) is 8.18. The van der Waals surface area contributed by atoms with Crippen molar-refractivity contribution in [1.29, 1.82) is 0 Å². The normalized spacial score (nSPS) is 10.9. The molecule has 0 aliphatic carbocycles. The molecular weight excluding hydrogens is 476 g/mol. The van der Waals surface area contributed by atoms with E-state index in [-0.39, 0.29) is 23.9 Å². The smallest absolute Gasteiger partial charge is 0.266 e. The summed E-state index contributed by atoms with van der Waals surface area (Å²) in [6, 6.07) is 20.6. The molecule has 2 heterocycles. The summed E-state index contributed by atoms with van der Waals surface area (Å²) in [7, 11) is 1.53. The standard InChI is InChI=1S/C27H22N4O4S/c1-16-23-26(36-24(16)25(33)30-20-9-5-6-10-21(20)35-2)28-15-31(27(23)34)14-22(32)29-19-12-11-17-7-3-4-8-18(17)13-19/h3-13,15H,14H2,1-2H3,(H,29,32)(H,30,33). The van der Waals surface area contributed by atoms with Gasteiger partial charge in [-0.2, -0.15) is 0 Å². The number of hydrogen-bond donors (Lipinski definition) is 2. The fourth-order valence-corrected chi connectivity index (χ4v) is 5.07. The van der Waals surface area contributed by atoms with E-state index in [0.717, 1.165) is 22.1 Å². The number of aryl methyl sites for hydroxylation is 1. The van der Waals surface area contributed by atoms with Crippen LogP contribution in [0, 0.1) is 6.92 Å². The zero-order valence-corrected chi connectivity index (χ0v) is 20.4. The fraction of sp³-hybridized carbons (Fsp3) is 0.111. The summed E-state index contributed by atoms with van der Waals surface area (Å²) < 4.78 is 6.54. The van der Waals surface area contributed by atoms with Gasteiger partial charge in [0.2, 0.25) is 5.91 Å². The highest BCUT2D eigenvalue weighted by Crippen LogP contribution is 2.29. The Labute approximate surface area is 210 Å². The second-order valence-corrected chi connectivity index (χ2v) is 9.18. The van der Waals surface area contributed by atoms with E-state index in [9.17, 15) is 14.4 Å². The topological polar surface area (TPSA) is 102 Å². The van der Waals surface area contributed by atoms with Gasteiger partial charge >= 0.3 is 0 Å². The first-order valence-electron chi connectivity index (χ1n) is 11.2. The van der Waals surface area contributed by atoms with Crippen LogP contribution in [0.5, 0.6) is 5.75 Å². The van der Waals surface area contributed by atoms with Crippen LogP contribution in [0.15, 0.2) is 77.9 Å². The highest BCUT2D eigenvalue weighted by molar-refractivity contribution is 7.20. The van der Waals surface area contributed by atoms with Crippen molar-refractivity contribution in [3.63, 3.8) is 0 Å². The molecule has 5 rings (SSSR count). The molecule has 0 spiro atoms. The van der Waals surface area contributed by atoms with Crippen LogP contribution in [0.2, 0.25) is 0 Å². The number of carbonyl (C=O) groups is 2. The van der Waals surface area contributed by atoms with Gasteiger partial charge in [0.1, 0.15) is 17.1 Å². The van der Waals surface area contributed by atoms with Crippen LogP contribution in [0.1, 0.15) is 15.2 Å². The van der Waals surface area contributed by atoms with Crippen molar-refractivity contribution in [2.24, 2.45) is 0 Å². The van der Waals surface area contributed by atoms with E-state index >= 15 is 0 Å². The molecule has 0 atom stereocenters. The molecular formula is C27H22N4O4S. The van der Waals surface area contributed by atoms with Gasteiger partial charge < -0.3 is 15.4 Å². The molecule has 0 saturated heterocycles. The SMILES string of the molecule is COc1ccccc1NC(=O)c1sc2ncn(CC(=O)Nc3ccc4ccccc4c3)c(=O)c2c1C. The Balaban J connectivity index is 1.38. The van der Waals surface area contributed by atoms with Crippen LogP contribution in [-0.4, -0.2) is 28.5 Å². The minimum atomic E-state index is -0.376. The molecule has 8 nitrogen and oxygen atoms in total. The molecule has 3 aromatic carbocycles. The number of methoxy groups -OCH3 is 1. The number of carbonyl (C=O) groups excluding carboxylic acids is 2. The van der Waals surface area contributed by atoms with Crippen LogP contribution in [-0.2, 0) is 11.3 Å². The quantitative estimate of drug-likeness (QED) is 0.350. The fourth-order valence-electron chi connectivity index (χ4n) is 4.04. The lowest BCUT2D eigenvalue weighted by Crippen LogP contribution is -2.28. The van der Waals surface area contributed by atoms with Gasteiger partial charge in [-0.25, -0.2) is 4.98 Å². The molecule has 0 aliphatic heterocycles. The molecule has 0 saturated carbocycles. The van der Waals surface area contributed by atoms with E-state index in [1.165, 1.54) is 18.0 Å². The lowest BCUT2D eigenvalue weighted by atomic mass is 10.1.